The molecule has 176 valence electrons. The Hall–Kier alpha value is -3.63. The van der Waals surface area contributed by atoms with Crippen molar-refractivity contribution in [1.29, 1.82) is 0 Å². The molecule has 5 rings (SSSR count). The molecule has 0 radical (unpaired) electrons. The van der Waals surface area contributed by atoms with Crippen molar-refractivity contribution in [2.45, 2.75) is 0 Å². The summed E-state index contributed by atoms with van der Waals surface area (Å²) in [6.07, 6.45) is 1.50. The fourth-order valence-corrected chi connectivity index (χ4v) is 4.72. The van der Waals surface area contributed by atoms with Gasteiger partial charge in [-0.1, -0.05) is 15.9 Å². The zero-order chi connectivity index (χ0) is 24.5. The van der Waals surface area contributed by atoms with Crippen molar-refractivity contribution in [3.05, 3.63) is 85.9 Å². The summed E-state index contributed by atoms with van der Waals surface area (Å²) in [7, 11) is 1.57. The van der Waals surface area contributed by atoms with Crippen LogP contribution in [0.25, 0.3) is 6.08 Å². The maximum atomic E-state index is 12.9. The summed E-state index contributed by atoms with van der Waals surface area (Å²) in [5.41, 5.74) is 1.39. The van der Waals surface area contributed by atoms with Crippen LogP contribution in [0.2, 0.25) is 0 Å². The lowest BCUT2D eigenvalue weighted by Crippen LogP contribution is -2.10. The highest BCUT2D eigenvalue weighted by Gasteiger charge is 2.26. The van der Waals surface area contributed by atoms with Gasteiger partial charge in [-0.05, 0) is 76.6 Å². The van der Waals surface area contributed by atoms with Crippen molar-refractivity contribution >= 4 is 55.8 Å². The Morgan fingerprint density at radius 1 is 1.03 bits per heavy atom. The van der Waals surface area contributed by atoms with Gasteiger partial charge in [0.1, 0.15) is 5.75 Å². The van der Waals surface area contributed by atoms with Crippen molar-refractivity contribution in [1.82, 2.24) is 0 Å². The quantitative estimate of drug-likeness (QED) is 0.216. The van der Waals surface area contributed by atoms with Crippen LogP contribution in [0.4, 0.5) is 0 Å². The second kappa shape index (κ2) is 9.55. The van der Waals surface area contributed by atoms with Gasteiger partial charge < -0.3 is 23.7 Å². The third-order valence-electron chi connectivity index (χ3n) is 5.09. The number of cyclic esters (lactones) is 1. The number of benzene rings is 3. The van der Waals surface area contributed by atoms with Crippen LogP contribution in [-0.4, -0.2) is 31.7 Å². The molecule has 0 atom stereocenters. The summed E-state index contributed by atoms with van der Waals surface area (Å²) >= 11 is 6.86. The van der Waals surface area contributed by atoms with E-state index in [1.807, 2.05) is 0 Å². The Labute approximate surface area is 216 Å². The lowest BCUT2D eigenvalue weighted by atomic mass is 10.1. The normalized spacial score (nSPS) is 15.1. The van der Waals surface area contributed by atoms with Gasteiger partial charge in [0.05, 0.1) is 17.1 Å². The molecule has 10 heteroatoms. The van der Waals surface area contributed by atoms with E-state index in [9.17, 15) is 9.59 Å². The maximum absolute atomic E-state index is 12.9. The molecule has 0 N–H and O–H groups in total. The van der Waals surface area contributed by atoms with Crippen molar-refractivity contribution in [3.63, 3.8) is 0 Å². The van der Waals surface area contributed by atoms with Gasteiger partial charge in [0.15, 0.2) is 22.9 Å². The van der Waals surface area contributed by atoms with E-state index in [1.165, 1.54) is 6.08 Å². The van der Waals surface area contributed by atoms with E-state index in [4.69, 9.17) is 23.7 Å². The lowest BCUT2D eigenvalue weighted by Gasteiger charge is -2.11. The maximum Gasteiger partial charge on any atom is 0.363 e. The molecule has 2 aliphatic rings. The predicted octanol–water partition coefficient (Wildman–Crippen LogP) is 5.51. The third-order valence-corrected chi connectivity index (χ3v) is 6.14. The Morgan fingerprint density at radius 3 is 2.57 bits per heavy atom. The first-order chi connectivity index (χ1) is 16.9. The van der Waals surface area contributed by atoms with E-state index < -0.39 is 11.9 Å². The van der Waals surface area contributed by atoms with Crippen LogP contribution in [0.1, 0.15) is 21.5 Å². The van der Waals surface area contributed by atoms with Crippen molar-refractivity contribution in [3.8, 4) is 23.0 Å². The molecule has 0 aliphatic carbocycles. The van der Waals surface area contributed by atoms with E-state index in [0.29, 0.717) is 37.3 Å². The summed E-state index contributed by atoms with van der Waals surface area (Å²) in [5, 5.41) is 0. The van der Waals surface area contributed by atoms with Gasteiger partial charge in [-0.3, -0.25) is 0 Å². The first-order valence-corrected chi connectivity index (χ1v) is 11.8. The zero-order valence-corrected chi connectivity index (χ0v) is 21.2. The molecule has 0 saturated heterocycles. The van der Waals surface area contributed by atoms with E-state index in [-0.39, 0.29) is 29.7 Å². The predicted molar refractivity (Wildman–Crippen MR) is 133 cm³/mol. The summed E-state index contributed by atoms with van der Waals surface area (Å²) in [6.45, 7) is 0.0962. The Bertz CT molecular complexity index is 1410. The molecule has 0 unspecified atom stereocenters. The van der Waals surface area contributed by atoms with Crippen LogP contribution < -0.4 is 18.9 Å². The number of halogens is 2. The number of ether oxygens (including phenoxy) is 5. The smallest absolute Gasteiger partial charge is 0.363 e. The highest BCUT2D eigenvalue weighted by atomic mass is 79.9. The van der Waals surface area contributed by atoms with Crippen molar-refractivity contribution in [2.75, 3.05) is 13.9 Å². The Kier molecular flexibility index (Phi) is 6.31. The number of nitrogens with zero attached hydrogens (tertiary/aromatic N) is 1. The van der Waals surface area contributed by atoms with E-state index in [1.54, 1.807) is 61.7 Å². The van der Waals surface area contributed by atoms with Gasteiger partial charge in [0, 0.05) is 15.6 Å². The van der Waals surface area contributed by atoms with Crippen LogP contribution in [0, 0.1) is 0 Å². The van der Waals surface area contributed by atoms with Crippen LogP contribution >= 0.6 is 31.9 Å². The molecule has 2 heterocycles. The number of carbonyl (C=O) groups is 2. The molecule has 0 aromatic heterocycles. The molecular formula is C25H15Br2NO7. The topological polar surface area (TPSA) is 92.7 Å². The molecule has 2 aliphatic heterocycles. The first-order valence-electron chi connectivity index (χ1n) is 10.2. The molecule has 0 amide bonds. The second-order valence-corrected chi connectivity index (χ2v) is 9.10. The van der Waals surface area contributed by atoms with Crippen molar-refractivity contribution < 1.29 is 33.3 Å². The van der Waals surface area contributed by atoms with Crippen LogP contribution in [0.3, 0.4) is 0 Å². The fraction of sp³-hybridized carbons (Fsp3) is 0.0800. The van der Waals surface area contributed by atoms with Crippen LogP contribution in [0.5, 0.6) is 23.0 Å². The summed E-state index contributed by atoms with van der Waals surface area (Å²) in [4.78, 5) is 29.8. The van der Waals surface area contributed by atoms with Gasteiger partial charge >= 0.3 is 11.9 Å². The van der Waals surface area contributed by atoms with Gasteiger partial charge in [0.25, 0.3) is 0 Å². The highest BCUT2D eigenvalue weighted by molar-refractivity contribution is 9.11. The average molecular weight is 601 g/mol. The Morgan fingerprint density at radius 2 is 1.80 bits per heavy atom. The third kappa shape index (κ3) is 4.80. The summed E-state index contributed by atoms with van der Waals surface area (Å²) in [5.74, 6) is 0.832. The molecule has 3 aromatic carbocycles. The number of hydrogen-bond acceptors (Lipinski definition) is 8. The van der Waals surface area contributed by atoms with Gasteiger partial charge in [-0.2, -0.15) is 0 Å². The lowest BCUT2D eigenvalue weighted by molar-refractivity contribution is -0.129. The number of esters is 2. The van der Waals surface area contributed by atoms with E-state index in [2.05, 4.69) is 36.9 Å². The zero-order valence-electron chi connectivity index (χ0n) is 18.0. The monoisotopic (exact) mass is 599 g/mol. The summed E-state index contributed by atoms with van der Waals surface area (Å²) in [6, 6.07) is 15.2. The number of carbonyl (C=O) groups excluding carboxylic acids is 2. The number of fused-ring (bicyclic) bond motifs is 1. The molecule has 0 fully saturated rings. The molecule has 0 saturated carbocycles. The molecule has 0 bridgehead atoms. The molecular weight excluding hydrogens is 586 g/mol. The largest absolute Gasteiger partial charge is 0.497 e. The van der Waals surface area contributed by atoms with Crippen LogP contribution in [0.15, 0.2) is 74.2 Å². The van der Waals surface area contributed by atoms with Crippen LogP contribution in [-0.2, 0) is 9.53 Å². The average Bonchev–Trinajstić information content (AvgIpc) is 3.47. The molecule has 35 heavy (non-hydrogen) atoms. The Balaban J connectivity index is 1.46. The summed E-state index contributed by atoms with van der Waals surface area (Å²) < 4.78 is 28.0. The highest BCUT2D eigenvalue weighted by Crippen LogP contribution is 2.37. The second-order valence-electron chi connectivity index (χ2n) is 7.33. The minimum absolute atomic E-state index is 0.0567. The van der Waals surface area contributed by atoms with Gasteiger partial charge in [0.2, 0.25) is 12.7 Å². The van der Waals surface area contributed by atoms with E-state index in [0.717, 1.165) is 0 Å². The number of hydrogen-bond donors (Lipinski definition) is 0. The van der Waals surface area contributed by atoms with Gasteiger partial charge in [-0.25, -0.2) is 14.6 Å². The first kappa shape index (κ1) is 23.1. The number of aliphatic imine (C=N–C) groups is 1. The molecule has 3 aromatic rings. The minimum Gasteiger partial charge on any atom is -0.497 e. The van der Waals surface area contributed by atoms with E-state index >= 15 is 0 Å². The number of rotatable bonds is 5. The van der Waals surface area contributed by atoms with Crippen molar-refractivity contribution in [2.24, 2.45) is 4.99 Å². The fourth-order valence-electron chi connectivity index (χ4n) is 3.38. The molecule has 8 nitrogen and oxygen atoms in total. The standard InChI is InChI=1S/C25H15Br2NO7/c1-31-17-5-2-13(3-6-17)23-28-19(25(30)35-23)9-15-8-16(26)11-18(27)22(15)34-24(29)14-4-7-20-21(10-14)33-12-32-20/h2-11H,12H2,1H3/b19-9-. The number of methoxy groups -OCH3 is 1. The SMILES string of the molecule is COc1ccc(C2=N/C(=C\c3cc(Br)cc(Br)c3OC(=O)c3ccc4c(c3)OCO4)C(=O)O2)cc1. The molecule has 0 spiro atoms. The van der Waals surface area contributed by atoms with Gasteiger partial charge in [-0.15, -0.1) is 0 Å². The minimum atomic E-state index is -0.625.